The molecular weight excluding hydrogens is 444 g/mol. The van der Waals surface area contributed by atoms with E-state index in [1.807, 2.05) is 84.9 Å². The van der Waals surface area contributed by atoms with Crippen LogP contribution < -0.4 is 0 Å². The molecule has 0 heterocycles. The van der Waals surface area contributed by atoms with Gasteiger partial charge in [-0.2, -0.15) is 4.31 Å². The topological polar surface area (TPSA) is 57.7 Å². The van der Waals surface area contributed by atoms with Gasteiger partial charge in [-0.05, 0) is 34.0 Å². The van der Waals surface area contributed by atoms with Crippen LogP contribution >= 0.6 is 0 Å². The maximum Gasteiger partial charge on any atom is 0.243 e. The number of carbonyl (C=O) groups excluding carboxylic acids is 1. The van der Waals surface area contributed by atoms with Crippen LogP contribution in [0.4, 0.5) is 0 Å². The van der Waals surface area contributed by atoms with Crippen LogP contribution in [0.3, 0.4) is 0 Å². The molecule has 0 saturated carbocycles. The van der Waals surface area contributed by atoms with Crippen LogP contribution in [0, 0.1) is 0 Å². The zero-order valence-electron chi connectivity index (χ0n) is 19.2. The van der Waals surface area contributed by atoms with Crippen molar-refractivity contribution in [1.29, 1.82) is 0 Å². The highest BCUT2D eigenvalue weighted by Crippen LogP contribution is 2.22. The van der Waals surface area contributed by atoms with Gasteiger partial charge in [0.15, 0.2) is 0 Å². The zero-order valence-corrected chi connectivity index (χ0v) is 20.0. The second-order valence-electron chi connectivity index (χ2n) is 8.16. The summed E-state index contributed by atoms with van der Waals surface area (Å²) in [6.07, 6.45) is 0. The lowest BCUT2D eigenvalue weighted by Crippen LogP contribution is -2.42. The third kappa shape index (κ3) is 5.53. The fraction of sp³-hybridized carbons (Fsp3) is 0.179. The summed E-state index contributed by atoms with van der Waals surface area (Å²) < 4.78 is 28.1. The number of fused-ring (bicyclic) bond motifs is 1. The van der Waals surface area contributed by atoms with Gasteiger partial charge in [0.1, 0.15) is 0 Å². The molecule has 4 aromatic rings. The van der Waals surface area contributed by atoms with Crippen molar-refractivity contribution < 1.29 is 13.2 Å². The Morgan fingerprint density at radius 1 is 0.706 bits per heavy atom. The Balaban J connectivity index is 1.58. The van der Waals surface area contributed by atoms with E-state index in [9.17, 15) is 13.2 Å². The molecule has 4 aromatic carbocycles. The van der Waals surface area contributed by atoms with E-state index in [1.54, 1.807) is 30.0 Å². The number of hydrogen-bond acceptors (Lipinski definition) is 3. The van der Waals surface area contributed by atoms with Crippen molar-refractivity contribution in [2.75, 3.05) is 13.1 Å². The van der Waals surface area contributed by atoms with E-state index >= 15 is 0 Å². The first kappa shape index (κ1) is 23.7. The normalized spacial score (nSPS) is 11.6. The van der Waals surface area contributed by atoms with Crippen molar-refractivity contribution in [1.82, 2.24) is 9.21 Å². The van der Waals surface area contributed by atoms with E-state index in [1.165, 1.54) is 4.31 Å². The van der Waals surface area contributed by atoms with E-state index in [0.717, 1.165) is 21.9 Å². The maximum absolute atomic E-state index is 13.4. The van der Waals surface area contributed by atoms with Crippen LogP contribution in [-0.4, -0.2) is 36.6 Å². The number of amides is 1. The van der Waals surface area contributed by atoms with Crippen LogP contribution in [-0.2, 0) is 27.9 Å². The van der Waals surface area contributed by atoms with E-state index in [2.05, 4.69) is 0 Å². The van der Waals surface area contributed by atoms with Crippen molar-refractivity contribution in [3.63, 3.8) is 0 Å². The summed E-state index contributed by atoms with van der Waals surface area (Å²) in [6, 6.07) is 32.2. The number of carbonyl (C=O) groups is 1. The second-order valence-corrected chi connectivity index (χ2v) is 10.1. The smallest absolute Gasteiger partial charge is 0.243 e. The molecule has 0 aromatic heterocycles. The quantitative estimate of drug-likeness (QED) is 0.341. The molecular formula is C28H28N2O3S. The van der Waals surface area contributed by atoms with Gasteiger partial charge in [0.2, 0.25) is 15.9 Å². The van der Waals surface area contributed by atoms with Crippen molar-refractivity contribution in [2.45, 2.75) is 24.9 Å². The molecule has 174 valence electrons. The fourth-order valence-corrected chi connectivity index (χ4v) is 5.37. The minimum Gasteiger partial charge on any atom is -0.333 e. The molecule has 5 nitrogen and oxygen atoms in total. The molecule has 0 N–H and O–H groups in total. The second kappa shape index (κ2) is 10.6. The van der Waals surface area contributed by atoms with Gasteiger partial charge in [-0.1, -0.05) is 97.9 Å². The van der Waals surface area contributed by atoms with Gasteiger partial charge in [0.25, 0.3) is 0 Å². The summed E-state index contributed by atoms with van der Waals surface area (Å²) >= 11 is 0. The number of likely N-dealkylation sites (N-methyl/N-ethyl adjacent to an activating group) is 1. The number of nitrogens with zero attached hydrogens (tertiary/aromatic N) is 2. The Morgan fingerprint density at radius 3 is 1.79 bits per heavy atom. The molecule has 0 aliphatic carbocycles. The van der Waals surface area contributed by atoms with E-state index in [4.69, 9.17) is 0 Å². The Labute approximate surface area is 201 Å². The minimum absolute atomic E-state index is 0.193. The van der Waals surface area contributed by atoms with Crippen LogP contribution in [0.1, 0.15) is 18.1 Å². The molecule has 0 fully saturated rings. The lowest BCUT2D eigenvalue weighted by Gasteiger charge is -2.27. The Bertz CT molecular complexity index is 1310. The van der Waals surface area contributed by atoms with E-state index < -0.39 is 10.0 Å². The molecule has 0 radical (unpaired) electrons. The summed E-state index contributed by atoms with van der Waals surface area (Å²) in [5.74, 6) is -0.237. The van der Waals surface area contributed by atoms with Gasteiger partial charge in [0, 0.05) is 19.6 Å². The lowest BCUT2D eigenvalue weighted by atomic mass is 10.1. The summed E-state index contributed by atoms with van der Waals surface area (Å²) in [6.45, 7) is 2.55. The molecule has 0 aliphatic rings. The maximum atomic E-state index is 13.4. The van der Waals surface area contributed by atoms with Crippen molar-refractivity contribution >= 4 is 26.7 Å². The first-order valence-electron chi connectivity index (χ1n) is 11.3. The van der Waals surface area contributed by atoms with Crippen LogP contribution in [0.5, 0.6) is 0 Å². The predicted octanol–water partition coefficient (Wildman–Crippen LogP) is 5.08. The van der Waals surface area contributed by atoms with Crippen LogP contribution in [0.2, 0.25) is 0 Å². The number of rotatable bonds is 9. The highest BCUT2D eigenvalue weighted by Gasteiger charge is 2.27. The predicted molar refractivity (Wildman–Crippen MR) is 136 cm³/mol. The molecule has 6 heteroatoms. The third-order valence-electron chi connectivity index (χ3n) is 5.81. The number of sulfonamides is 1. The molecule has 0 aliphatic heterocycles. The molecule has 0 atom stereocenters. The van der Waals surface area contributed by atoms with Crippen molar-refractivity contribution in [3.05, 3.63) is 114 Å². The van der Waals surface area contributed by atoms with Gasteiger partial charge < -0.3 is 4.90 Å². The zero-order chi connectivity index (χ0) is 24.0. The first-order chi connectivity index (χ1) is 16.5. The SMILES string of the molecule is CCN(CC(=O)N(Cc1ccccc1)Cc1ccccc1)S(=O)(=O)c1ccc2ccccc2c1. The van der Waals surface area contributed by atoms with Crippen LogP contribution in [0.25, 0.3) is 10.8 Å². The van der Waals surface area contributed by atoms with Crippen molar-refractivity contribution in [2.24, 2.45) is 0 Å². The molecule has 0 saturated heterocycles. The number of benzene rings is 4. The highest BCUT2D eigenvalue weighted by atomic mass is 32.2. The largest absolute Gasteiger partial charge is 0.333 e. The van der Waals surface area contributed by atoms with Gasteiger partial charge >= 0.3 is 0 Å². The summed E-state index contributed by atoms with van der Waals surface area (Å²) in [5.41, 5.74) is 1.99. The Morgan fingerprint density at radius 2 is 1.24 bits per heavy atom. The van der Waals surface area contributed by atoms with Gasteiger partial charge in [-0.3, -0.25) is 4.79 Å². The van der Waals surface area contributed by atoms with Gasteiger partial charge in [-0.15, -0.1) is 0 Å². The molecule has 0 bridgehead atoms. The third-order valence-corrected chi connectivity index (χ3v) is 7.73. The molecule has 4 rings (SSSR count). The molecule has 1 amide bonds. The van der Waals surface area contributed by atoms with Gasteiger partial charge in [0.05, 0.1) is 11.4 Å². The molecule has 0 unspecified atom stereocenters. The Hall–Kier alpha value is -3.48. The van der Waals surface area contributed by atoms with Crippen LogP contribution in [0.15, 0.2) is 108 Å². The Kier molecular flexibility index (Phi) is 7.40. The fourth-order valence-electron chi connectivity index (χ4n) is 3.93. The summed E-state index contributed by atoms with van der Waals surface area (Å²) in [4.78, 5) is 15.3. The first-order valence-corrected chi connectivity index (χ1v) is 12.8. The summed E-state index contributed by atoms with van der Waals surface area (Å²) in [5, 5.41) is 1.82. The monoisotopic (exact) mass is 472 g/mol. The highest BCUT2D eigenvalue weighted by molar-refractivity contribution is 7.89. The average molecular weight is 473 g/mol. The average Bonchev–Trinajstić information content (AvgIpc) is 2.87. The minimum atomic E-state index is -3.83. The van der Waals surface area contributed by atoms with E-state index in [0.29, 0.717) is 13.1 Å². The van der Waals surface area contributed by atoms with E-state index in [-0.39, 0.29) is 23.9 Å². The standard InChI is InChI=1S/C28H28N2O3S/c1-2-30(34(32,33)27-18-17-25-15-9-10-16-26(25)19-27)22-28(31)29(20-23-11-5-3-6-12-23)21-24-13-7-4-8-14-24/h3-19H,2,20-22H2,1H3. The lowest BCUT2D eigenvalue weighted by molar-refractivity contribution is -0.132. The summed E-state index contributed by atoms with van der Waals surface area (Å²) in [7, 11) is -3.83. The molecule has 0 spiro atoms. The molecule has 34 heavy (non-hydrogen) atoms. The number of hydrogen-bond donors (Lipinski definition) is 0. The van der Waals surface area contributed by atoms with Gasteiger partial charge in [-0.25, -0.2) is 8.42 Å². The van der Waals surface area contributed by atoms with Crippen molar-refractivity contribution in [3.8, 4) is 0 Å².